The summed E-state index contributed by atoms with van der Waals surface area (Å²) in [5, 5.41) is 8.88. The van der Waals surface area contributed by atoms with Crippen LogP contribution in [0.1, 0.15) is 0 Å². The Morgan fingerprint density at radius 1 is 0.720 bits per heavy atom. The lowest BCUT2D eigenvalue weighted by molar-refractivity contribution is 1.11. The average molecular weight is 323 g/mol. The van der Waals surface area contributed by atoms with Gasteiger partial charge in [-0.25, -0.2) is 4.98 Å². The molecule has 3 heterocycles. The standard InChI is InChI=1S/C20H13N5/c1-2-7-14(8-3-1)18-20-24-23-19(15-9-6-12-21-13-15)25(20)17-11-5-4-10-16(17)22-18/h1-13H. The molecule has 0 bridgehead atoms. The van der Waals surface area contributed by atoms with Gasteiger partial charge in [-0.15, -0.1) is 10.2 Å². The minimum Gasteiger partial charge on any atom is -0.271 e. The third-order valence-corrected chi connectivity index (χ3v) is 4.20. The predicted octanol–water partition coefficient (Wildman–Crippen LogP) is 4.01. The quantitative estimate of drug-likeness (QED) is 0.492. The summed E-state index contributed by atoms with van der Waals surface area (Å²) in [5.41, 5.74) is 5.37. The molecule has 25 heavy (non-hydrogen) atoms. The molecule has 5 rings (SSSR count). The molecule has 0 unspecified atom stereocenters. The van der Waals surface area contributed by atoms with E-state index in [1.54, 1.807) is 12.4 Å². The first-order valence-electron chi connectivity index (χ1n) is 8.01. The summed E-state index contributed by atoms with van der Waals surface area (Å²) in [6.45, 7) is 0. The van der Waals surface area contributed by atoms with Crippen molar-refractivity contribution in [2.75, 3.05) is 0 Å². The van der Waals surface area contributed by atoms with E-state index in [-0.39, 0.29) is 0 Å². The van der Waals surface area contributed by atoms with Gasteiger partial charge in [-0.3, -0.25) is 9.38 Å². The van der Waals surface area contributed by atoms with Crippen molar-refractivity contribution in [3.8, 4) is 22.6 Å². The summed E-state index contributed by atoms with van der Waals surface area (Å²) in [5.74, 6) is 0.763. The number of para-hydroxylation sites is 2. The zero-order valence-electron chi connectivity index (χ0n) is 13.2. The lowest BCUT2D eigenvalue weighted by Gasteiger charge is -2.08. The number of nitrogens with zero attached hydrogens (tertiary/aromatic N) is 5. The van der Waals surface area contributed by atoms with Gasteiger partial charge in [0.25, 0.3) is 0 Å². The van der Waals surface area contributed by atoms with Crippen molar-refractivity contribution in [3.05, 3.63) is 79.1 Å². The van der Waals surface area contributed by atoms with Crippen LogP contribution in [0.5, 0.6) is 0 Å². The Hall–Kier alpha value is -3.60. The molecule has 0 aliphatic heterocycles. The second-order valence-corrected chi connectivity index (χ2v) is 5.74. The highest BCUT2D eigenvalue weighted by molar-refractivity contribution is 5.87. The fourth-order valence-electron chi connectivity index (χ4n) is 3.06. The number of fused-ring (bicyclic) bond motifs is 3. The van der Waals surface area contributed by atoms with Gasteiger partial charge in [-0.05, 0) is 24.3 Å². The molecule has 0 aliphatic rings. The Balaban J connectivity index is 1.93. The molecule has 0 aliphatic carbocycles. The molecule has 2 aromatic carbocycles. The molecule has 0 fully saturated rings. The summed E-state index contributed by atoms with van der Waals surface area (Å²) < 4.78 is 2.06. The maximum absolute atomic E-state index is 4.84. The molecule has 0 atom stereocenters. The maximum Gasteiger partial charge on any atom is 0.188 e. The smallest absolute Gasteiger partial charge is 0.188 e. The molecule has 0 N–H and O–H groups in total. The second kappa shape index (κ2) is 5.49. The summed E-state index contributed by atoms with van der Waals surface area (Å²) in [6.07, 6.45) is 3.55. The average Bonchev–Trinajstić information content (AvgIpc) is 3.14. The Labute approximate surface area is 143 Å². The normalized spacial score (nSPS) is 11.2. The minimum absolute atomic E-state index is 0.740. The zero-order chi connectivity index (χ0) is 16.6. The first-order chi connectivity index (χ1) is 12.4. The third kappa shape index (κ3) is 2.17. The number of aromatic nitrogens is 5. The Morgan fingerprint density at radius 3 is 2.36 bits per heavy atom. The van der Waals surface area contributed by atoms with Gasteiger partial charge in [0.2, 0.25) is 0 Å². The van der Waals surface area contributed by atoms with Crippen molar-refractivity contribution in [2.24, 2.45) is 0 Å². The molecule has 0 saturated heterocycles. The van der Waals surface area contributed by atoms with E-state index in [0.29, 0.717) is 0 Å². The minimum atomic E-state index is 0.740. The van der Waals surface area contributed by atoms with E-state index in [9.17, 15) is 0 Å². The Kier molecular flexibility index (Phi) is 3.03. The van der Waals surface area contributed by atoms with Gasteiger partial charge in [0.15, 0.2) is 11.5 Å². The molecular weight excluding hydrogens is 310 g/mol. The summed E-state index contributed by atoms with van der Waals surface area (Å²) >= 11 is 0. The monoisotopic (exact) mass is 323 g/mol. The lowest BCUT2D eigenvalue weighted by atomic mass is 10.1. The molecule has 5 nitrogen and oxygen atoms in total. The van der Waals surface area contributed by atoms with Crippen LogP contribution in [0.2, 0.25) is 0 Å². The highest BCUT2D eigenvalue weighted by Crippen LogP contribution is 2.29. The molecule has 0 spiro atoms. The van der Waals surface area contributed by atoms with Crippen LogP contribution in [0, 0.1) is 0 Å². The van der Waals surface area contributed by atoms with Crippen molar-refractivity contribution in [2.45, 2.75) is 0 Å². The third-order valence-electron chi connectivity index (χ3n) is 4.20. The first kappa shape index (κ1) is 13.8. The van der Waals surface area contributed by atoms with Crippen LogP contribution in [0.3, 0.4) is 0 Å². The van der Waals surface area contributed by atoms with Crippen molar-refractivity contribution < 1.29 is 0 Å². The highest BCUT2D eigenvalue weighted by atomic mass is 15.3. The zero-order valence-corrected chi connectivity index (χ0v) is 13.2. The molecule has 0 radical (unpaired) electrons. The van der Waals surface area contributed by atoms with Crippen LogP contribution >= 0.6 is 0 Å². The van der Waals surface area contributed by atoms with Crippen LogP contribution in [-0.2, 0) is 0 Å². The lowest BCUT2D eigenvalue weighted by Crippen LogP contribution is -1.97. The van der Waals surface area contributed by atoms with E-state index in [0.717, 1.165) is 39.3 Å². The van der Waals surface area contributed by atoms with Crippen molar-refractivity contribution >= 4 is 16.7 Å². The Bertz CT molecular complexity index is 1180. The molecule has 0 saturated carbocycles. The van der Waals surface area contributed by atoms with Crippen LogP contribution in [0.4, 0.5) is 0 Å². The van der Waals surface area contributed by atoms with Gasteiger partial charge >= 0.3 is 0 Å². The van der Waals surface area contributed by atoms with E-state index in [4.69, 9.17) is 4.98 Å². The van der Waals surface area contributed by atoms with E-state index in [1.807, 2.05) is 66.7 Å². The van der Waals surface area contributed by atoms with Crippen molar-refractivity contribution in [1.82, 2.24) is 24.6 Å². The van der Waals surface area contributed by atoms with Gasteiger partial charge in [0.05, 0.1) is 11.0 Å². The van der Waals surface area contributed by atoms with Crippen LogP contribution in [-0.4, -0.2) is 24.6 Å². The highest BCUT2D eigenvalue weighted by Gasteiger charge is 2.17. The number of hydrogen-bond acceptors (Lipinski definition) is 4. The molecule has 3 aromatic heterocycles. The van der Waals surface area contributed by atoms with Gasteiger partial charge in [-0.1, -0.05) is 42.5 Å². The maximum atomic E-state index is 4.84. The topological polar surface area (TPSA) is 56.0 Å². The van der Waals surface area contributed by atoms with Gasteiger partial charge in [-0.2, -0.15) is 0 Å². The van der Waals surface area contributed by atoms with E-state index >= 15 is 0 Å². The number of rotatable bonds is 2. The van der Waals surface area contributed by atoms with Crippen molar-refractivity contribution in [1.29, 1.82) is 0 Å². The molecule has 118 valence electrons. The summed E-state index contributed by atoms with van der Waals surface area (Å²) in [4.78, 5) is 9.05. The SMILES string of the molecule is c1ccc(-c2nc3ccccc3n3c(-c4cccnc4)nnc23)cc1. The van der Waals surface area contributed by atoms with Crippen molar-refractivity contribution in [3.63, 3.8) is 0 Å². The fraction of sp³-hybridized carbons (Fsp3) is 0. The van der Waals surface area contributed by atoms with Crippen LogP contribution in [0.25, 0.3) is 39.3 Å². The molecule has 5 aromatic rings. The van der Waals surface area contributed by atoms with E-state index in [2.05, 4.69) is 19.6 Å². The molecule has 0 amide bonds. The fourth-order valence-corrected chi connectivity index (χ4v) is 3.06. The Morgan fingerprint density at radius 2 is 1.52 bits per heavy atom. The van der Waals surface area contributed by atoms with Gasteiger partial charge in [0, 0.05) is 23.5 Å². The molecular formula is C20H13N5. The number of benzene rings is 2. The first-order valence-corrected chi connectivity index (χ1v) is 8.01. The molecule has 5 heteroatoms. The predicted molar refractivity (Wildman–Crippen MR) is 97.0 cm³/mol. The van der Waals surface area contributed by atoms with Gasteiger partial charge in [0.1, 0.15) is 5.69 Å². The summed E-state index contributed by atoms with van der Waals surface area (Å²) in [6, 6.07) is 22.0. The van der Waals surface area contributed by atoms with Crippen LogP contribution < -0.4 is 0 Å². The number of hydrogen-bond donors (Lipinski definition) is 0. The van der Waals surface area contributed by atoms with E-state index in [1.165, 1.54) is 0 Å². The summed E-state index contributed by atoms with van der Waals surface area (Å²) in [7, 11) is 0. The largest absolute Gasteiger partial charge is 0.271 e. The van der Waals surface area contributed by atoms with Gasteiger partial charge < -0.3 is 0 Å². The second-order valence-electron chi connectivity index (χ2n) is 5.74. The van der Waals surface area contributed by atoms with E-state index < -0.39 is 0 Å². The number of pyridine rings is 1. The van der Waals surface area contributed by atoms with Crippen LogP contribution in [0.15, 0.2) is 79.1 Å².